The lowest BCUT2D eigenvalue weighted by atomic mass is 9.80. The van der Waals surface area contributed by atoms with Crippen molar-refractivity contribution < 1.29 is 51.2 Å². The van der Waals surface area contributed by atoms with E-state index in [-0.39, 0.29) is 54.1 Å². The number of nitriles is 1. The molecule has 3 aliphatic rings. The number of fused-ring (bicyclic) bond motifs is 2. The molecule has 2 saturated heterocycles. The van der Waals surface area contributed by atoms with Crippen LogP contribution in [-0.2, 0) is 50.0 Å². The zero-order chi connectivity index (χ0) is 58.3. The minimum atomic E-state index is -4.25. The maximum Gasteiger partial charge on any atom is 0.327 e. The number of nitrogens with zero attached hydrogens (tertiary/aromatic N) is 10. The predicted octanol–water partition coefficient (Wildman–Crippen LogP) is 8.07. The highest BCUT2D eigenvalue weighted by Crippen LogP contribution is 2.55. The number of imidazole rings is 1. The number of benzene rings is 4. The first kappa shape index (κ1) is 57.8. The van der Waals surface area contributed by atoms with Crippen LogP contribution in [0.3, 0.4) is 0 Å². The first-order chi connectivity index (χ1) is 40.3. The van der Waals surface area contributed by atoms with Crippen LogP contribution < -0.4 is 35.9 Å². The molecule has 0 spiro atoms. The van der Waals surface area contributed by atoms with E-state index in [1.165, 1.54) is 22.1 Å². The second-order valence-corrected chi connectivity index (χ2v) is 22.2. The van der Waals surface area contributed by atoms with Crippen molar-refractivity contribution in [1.82, 2.24) is 29.5 Å². The molecule has 2 amide bonds. The number of alkyl halides is 1. The molecule has 0 aliphatic carbocycles. The molecule has 25 nitrogen and oxygen atoms in total. The number of amides is 2. The van der Waals surface area contributed by atoms with Crippen molar-refractivity contribution >= 4 is 64.8 Å². The highest BCUT2D eigenvalue weighted by atomic mass is 32.5. The number of hydrogen-bond donors (Lipinski definition) is 4. The fourth-order valence-electron chi connectivity index (χ4n) is 9.65. The number of halogens is 1. The van der Waals surface area contributed by atoms with E-state index in [0.29, 0.717) is 33.8 Å². The van der Waals surface area contributed by atoms with Gasteiger partial charge in [-0.3, -0.25) is 33.8 Å². The fraction of sp³-hybridized carbons (Fsp3) is 0.327. The number of hydrogen-bond acceptors (Lipinski definition) is 20. The first-order valence-electron chi connectivity index (χ1n) is 26.0. The van der Waals surface area contributed by atoms with Crippen LogP contribution in [0.25, 0.3) is 21.6 Å². The molecule has 0 saturated carbocycles. The van der Waals surface area contributed by atoms with E-state index in [1.807, 2.05) is 60.7 Å². The zero-order valence-electron chi connectivity index (χ0n) is 45.0. The first-order valence-corrected chi connectivity index (χ1v) is 28.6. The van der Waals surface area contributed by atoms with Crippen LogP contribution in [0.5, 0.6) is 11.5 Å². The van der Waals surface area contributed by atoms with Gasteiger partial charge in [0.25, 0.3) is 11.5 Å². The average Bonchev–Trinajstić information content (AvgIpc) is 2.97. The Morgan fingerprint density at radius 2 is 1.60 bits per heavy atom. The molecule has 7 aromatic rings. The molecule has 8 atom stereocenters. The topological polar surface area (TPSA) is 309 Å². The van der Waals surface area contributed by atoms with Crippen LogP contribution in [0.4, 0.5) is 27.7 Å². The molecular weight excluding hydrogens is 1110 g/mol. The normalized spacial score (nSPS) is 20.9. The summed E-state index contributed by atoms with van der Waals surface area (Å²) in [7, 11) is 3.11. The van der Waals surface area contributed by atoms with Crippen molar-refractivity contribution in [2.75, 3.05) is 61.6 Å². The molecule has 429 valence electrons. The molecule has 2 fully saturated rings. The lowest BCUT2D eigenvalue weighted by Gasteiger charge is -2.37. The van der Waals surface area contributed by atoms with E-state index >= 15 is 4.39 Å². The van der Waals surface area contributed by atoms with Crippen LogP contribution in [0.15, 0.2) is 132 Å². The second kappa shape index (κ2) is 25.4. The van der Waals surface area contributed by atoms with Gasteiger partial charge in [-0.25, -0.2) is 19.3 Å². The second-order valence-electron chi connectivity index (χ2n) is 19.3. The van der Waals surface area contributed by atoms with Crippen molar-refractivity contribution in [3.05, 3.63) is 171 Å². The van der Waals surface area contributed by atoms with E-state index in [2.05, 4.69) is 50.9 Å². The standard InChI is InChI=1S/C55H55FN14O11PS/c1-32(2)50(71)65-54-64-49-45(52(73)66-54)62-31-70(49)53-46(43(56)41(80-53)27-76-55(34-14-9-6-10-15-34,35-16-20-37(74-3)21-17-35)36-18-22-38(75-4)23-19-36)81-82(83,77-25-11-24-57)78-28-40-39(67-68-58)26-42(79-40)69-30-61-44-47(59-29-60-48(44)69)63-51(72)33-12-7-5-8-13-33/h5-10,12-23,26,29-30,32,39-43,46,53,62H,11,25,27-28,31H2,1-4H3,(H,59,60,63,72)(H2,64,65,66,71,73)/t39-,40-,41-,42-,43-,46-,53-,82?/m1/s1. The molecule has 3 aliphatic heterocycles. The van der Waals surface area contributed by atoms with Gasteiger partial charge in [0.15, 0.2) is 35.2 Å². The number of aromatic amines is 1. The van der Waals surface area contributed by atoms with Crippen molar-refractivity contribution in [2.45, 2.75) is 68.9 Å². The molecule has 6 heterocycles. The van der Waals surface area contributed by atoms with E-state index in [1.54, 1.807) is 89.1 Å². The minimum Gasteiger partial charge on any atom is -0.497 e. The number of methoxy groups -OCH3 is 2. The molecule has 10 rings (SSSR count). The summed E-state index contributed by atoms with van der Waals surface area (Å²) in [4.78, 5) is 64.3. The van der Waals surface area contributed by atoms with Crippen LogP contribution in [0, 0.1) is 23.7 Å². The highest BCUT2D eigenvalue weighted by molar-refractivity contribution is 8.07. The van der Waals surface area contributed by atoms with Gasteiger partial charge in [-0.2, -0.15) is 10.2 Å². The number of rotatable bonds is 23. The zero-order valence-corrected chi connectivity index (χ0v) is 46.7. The predicted molar refractivity (Wildman–Crippen MR) is 303 cm³/mol. The number of azide groups is 1. The molecule has 3 aromatic heterocycles. The van der Waals surface area contributed by atoms with E-state index < -0.39 is 91.8 Å². The SMILES string of the molecule is COc1ccc(C(OC[C@H]2O[C@@H](N3CNc4c3nc(NC(=O)C(C)C)[nH]c4=O)[C@H](OP(=S)(OCCC#N)OC[C@H]3O[C@@H](n4cnc5c(NC(=O)c6ccccc6)ncnc54)[CH][C@H]3N=[N+]=[N-])[C@@H]2F)(c2ccccc2)c2ccc(OC)cc2)cc1. The Hall–Kier alpha value is -8.41. The van der Waals surface area contributed by atoms with Crippen LogP contribution >= 0.6 is 6.72 Å². The number of nitrogens with one attached hydrogen (secondary N) is 4. The summed E-state index contributed by atoms with van der Waals surface area (Å²) >= 11 is 6.09. The van der Waals surface area contributed by atoms with Gasteiger partial charge >= 0.3 is 6.72 Å². The minimum absolute atomic E-state index is 0.00775. The fourth-order valence-corrected chi connectivity index (χ4v) is 11.7. The molecule has 1 radical (unpaired) electrons. The Morgan fingerprint density at radius 3 is 2.25 bits per heavy atom. The summed E-state index contributed by atoms with van der Waals surface area (Å²) in [6.07, 6.45) is -4.72. The summed E-state index contributed by atoms with van der Waals surface area (Å²) in [5, 5.41) is 22.0. The van der Waals surface area contributed by atoms with Crippen LogP contribution in [0.1, 0.15) is 53.5 Å². The number of anilines is 4. The Labute approximate surface area is 479 Å². The number of carbonyl (C=O) groups excluding carboxylic acids is 2. The number of aromatic nitrogens is 6. The summed E-state index contributed by atoms with van der Waals surface area (Å²) in [5.74, 6) is -0.239. The Morgan fingerprint density at radius 1 is 0.928 bits per heavy atom. The van der Waals surface area contributed by atoms with Crippen molar-refractivity contribution in [1.29, 1.82) is 5.26 Å². The molecular formula is C55H55FN14O11PS. The van der Waals surface area contributed by atoms with Gasteiger partial charge in [-0.15, -0.1) is 0 Å². The van der Waals surface area contributed by atoms with E-state index in [9.17, 15) is 25.2 Å². The lowest BCUT2D eigenvalue weighted by molar-refractivity contribution is -0.118. The van der Waals surface area contributed by atoms with E-state index in [4.69, 9.17) is 49.1 Å². The summed E-state index contributed by atoms with van der Waals surface area (Å²) in [6, 6.07) is 33.4. The van der Waals surface area contributed by atoms with Crippen molar-refractivity contribution in [2.24, 2.45) is 11.0 Å². The quantitative estimate of drug-likeness (QED) is 0.0117. The van der Waals surface area contributed by atoms with Crippen molar-refractivity contribution in [3.8, 4) is 17.6 Å². The third-order valence-electron chi connectivity index (χ3n) is 13.8. The molecule has 0 bridgehead atoms. The van der Waals surface area contributed by atoms with Gasteiger partial charge in [-0.1, -0.05) is 91.8 Å². The number of ether oxygens (including phenoxy) is 5. The molecule has 28 heteroatoms. The Balaban J connectivity index is 0.973. The third-order valence-corrected chi connectivity index (χ3v) is 16.2. The van der Waals surface area contributed by atoms with Crippen LogP contribution in [-0.4, -0.2) is 119 Å². The maximum atomic E-state index is 18.2. The van der Waals surface area contributed by atoms with E-state index in [0.717, 1.165) is 0 Å². The van der Waals surface area contributed by atoms with Gasteiger partial charge in [0, 0.05) is 22.8 Å². The molecule has 83 heavy (non-hydrogen) atoms. The largest absolute Gasteiger partial charge is 0.497 e. The smallest absolute Gasteiger partial charge is 0.327 e. The van der Waals surface area contributed by atoms with Gasteiger partial charge < -0.3 is 48.3 Å². The molecule has 4 aromatic carbocycles. The van der Waals surface area contributed by atoms with Gasteiger partial charge in [0.2, 0.25) is 11.9 Å². The van der Waals surface area contributed by atoms with Gasteiger partial charge in [0.05, 0.1) is 71.7 Å². The average molecular weight is 1170 g/mol. The highest BCUT2D eigenvalue weighted by Gasteiger charge is 2.54. The molecule has 1 unspecified atom stereocenters. The number of carbonyl (C=O) groups is 2. The maximum absolute atomic E-state index is 18.2. The summed E-state index contributed by atoms with van der Waals surface area (Å²) < 4.78 is 70.1. The van der Waals surface area contributed by atoms with Crippen LogP contribution in [0.2, 0.25) is 0 Å². The monoisotopic (exact) mass is 1170 g/mol. The van der Waals surface area contributed by atoms with Crippen molar-refractivity contribution in [3.63, 3.8) is 0 Å². The third kappa shape index (κ3) is 12.2. The lowest BCUT2D eigenvalue weighted by Crippen LogP contribution is -2.45. The Kier molecular flexibility index (Phi) is 17.7. The van der Waals surface area contributed by atoms with Gasteiger partial charge in [-0.05, 0) is 70.4 Å². The van der Waals surface area contributed by atoms with Gasteiger partial charge in [0.1, 0.15) is 47.6 Å². The Bertz CT molecular complexity index is 3600. The number of H-pyrrole nitrogens is 1. The summed E-state index contributed by atoms with van der Waals surface area (Å²) in [6.45, 7) is -2.29. The molecule has 4 N–H and O–H groups in total. The summed E-state index contributed by atoms with van der Waals surface area (Å²) in [5.41, 5.74) is 10.5.